The summed E-state index contributed by atoms with van der Waals surface area (Å²) in [7, 11) is 0. The van der Waals surface area contributed by atoms with Crippen LogP contribution in [0.1, 0.15) is 22.8 Å². The molecule has 0 amide bonds. The Kier molecular flexibility index (Phi) is 2.80. The van der Waals surface area contributed by atoms with Gasteiger partial charge in [-0.05, 0) is 12.0 Å². The third-order valence-corrected chi connectivity index (χ3v) is 1.82. The zero-order valence-electron chi connectivity index (χ0n) is 7.28. The number of hydrogen-bond acceptors (Lipinski definition) is 2. The van der Waals surface area contributed by atoms with E-state index in [0.717, 1.165) is 12.0 Å². The fourth-order valence-corrected chi connectivity index (χ4v) is 1.02. The third-order valence-electron chi connectivity index (χ3n) is 1.82. The van der Waals surface area contributed by atoms with E-state index in [4.69, 9.17) is 5.11 Å². The van der Waals surface area contributed by atoms with Crippen LogP contribution in [0.4, 0.5) is 0 Å². The first-order chi connectivity index (χ1) is 6.15. The molecule has 68 valence electrons. The van der Waals surface area contributed by atoms with Gasteiger partial charge >= 0.3 is 5.97 Å². The van der Waals surface area contributed by atoms with Crippen LogP contribution in [0.25, 0.3) is 0 Å². The van der Waals surface area contributed by atoms with Crippen LogP contribution >= 0.6 is 0 Å². The molecule has 0 saturated heterocycles. The number of rotatable bonds is 3. The normalized spacial score (nSPS) is 9.62. The lowest BCUT2D eigenvalue weighted by Gasteiger charge is -1.97. The number of hydrogen-bond donors (Lipinski definition) is 1. The molecule has 0 fully saturated rings. The van der Waals surface area contributed by atoms with E-state index in [-0.39, 0.29) is 5.56 Å². The Labute approximate surface area is 76.0 Å². The number of aliphatic carboxylic acids is 1. The molecule has 0 bridgehead atoms. The summed E-state index contributed by atoms with van der Waals surface area (Å²) in [4.78, 5) is 21.2. The number of benzene rings is 1. The Morgan fingerprint density at radius 3 is 2.15 bits per heavy atom. The van der Waals surface area contributed by atoms with Gasteiger partial charge < -0.3 is 5.11 Å². The average molecular weight is 178 g/mol. The lowest BCUT2D eigenvalue weighted by Crippen LogP contribution is -2.12. The largest absolute Gasteiger partial charge is 0.475 e. The summed E-state index contributed by atoms with van der Waals surface area (Å²) < 4.78 is 0. The highest BCUT2D eigenvalue weighted by Crippen LogP contribution is 2.05. The van der Waals surface area contributed by atoms with Gasteiger partial charge in [0, 0.05) is 5.56 Å². The SMILES string of the molecule is CCc1ccc(C(=O)C(=O)O)cc1. The molecule has 1 rings (SSSR count). The van der Waals surface area contributed by atoms with E-state index in [9.17, 15) is 9.59 Å². The van der Waals surface area contributed by atoms with Gasteiger partial charge in [-0.2, -0.15) is 0 Å². The van der Waals surface area contributed by atoms with Gasteiger partial charge in [0.2, 0.25) is 0 Å². The maximum Gasteiger partial charge on any atom is 0.377 e. The van der Waals surface area contributed by atoms with Crippen LogP contribution in [0.15, 0.2) is 24.3 Å². The Bertz CT molecular complexity index is 325. The molecule has 1 N–H and O–H groups in total. The van der Waals surface area contributed by atoms with Crippen molar-refractivity contribution in [3.05, 3.63) is 35.4 Å². The van der Waals surface area contributed by atoms with Crippen molar-refractivity contribution in [3.8, 4) is 0 Å². The first kappa shape index (κ1) is 9.45. The van der Waals surface area contributed by atoms with Crippen LogP contribution in [0.5, 0.6) is 0 Å². The molecule has 3 nitrogen and oxygen atoms in total. The Hall–Kier alpha value is -1.64. The van der Waals surface area contributed by atoms with Gasteiger partial charge in [-0.1, -0.05) is 31.2 Å². The number of ketones is 1. The quantitative estimate of drug-likeness (QED) is 0.564. The van der Waals surface area contributed by atoms with Gasteiger partial charge in [0.15, 0.2) is 0 Å². The van der Waals surface area contributed by atoms with Gasteiger partial charge in [-0.25, -0.2) is 4.79 Å². The Balaban J connectivity index is 2.92. The summed E-state index contributed by atoms with van der Waals surface area (Å²) in [5.74, 6) is -2.27. The van der Waals surface area contributed by atoms with Crippen LogP contribution in [0.2, 0.25) is 0 Å². The molecule has 1 aromatic carbocycles. The van der Waals surface area contributed by atoms with Gasteiger partial charge in [0.1, 0.15) is 0 Å². The number of Topliss-reactive ketones (excluding diaryl/α,β-unsaturated/α-hetero) is 1. The first-order valence-corrected chi connectivity index (χ1v) is 4.01. The predicted octanol–water partition coefficient (Wildman–Crippen LogP) is 1.52. The predicted molar refractivity (Wildman–Crippen MR) is 47.8 cm³/mol. The van der Waals surface area contributed by atoms with Crippen molar-refractivity contribution in [2.24, 2.45) is 0 Å². The minimum Gasteiger partial charge on any atom is -0.475 e. The van der Waals surface area contributed by atoms with E-state index in [1.807, 2.05) is 6.92 Å². The Morgan fingerprint density at radius 1 is 1.23 bits per heavy atom. The molecule has 0 spiro atoms. The van der Waals surface area contributed by atoms with Gasteiger partial charge in [-0.3, -0.25) is 4.79 Å². The fourth-order valence-electron chi connectivity index (χ4n) is 1.02. The smallest absolute Gasteiger partial charge is 0.377 e. The summed E-state index contributed by atoms with van der Waals surface area (Å²) in [6.07, 6.45) is 0.877. The van der Waals surface area contributed by atoms with E-state index >= 15 is 0 Å². The minimum atomic E-state index is -1.41. The molecular weight excluding hydrogens is 168 g/mol. The van der Waals surface area contributed by atoms with E-state index < -0.39 is 11.8 Å². The molecule has 0 saturated carbocycles. The van der Waals surface area contributed by atoms with E-state index in [1.165, 1.54) is 12.1 Å². The highest BCUT2D eigenvalue weighted by Gasteiger charge is 2.13. The second-order valence-electron chi connectivity index (χ2n) is 2.68. The van der Waals surface area contributed by atoms with E-state index in [2.05, 4.69) is 0 Å². The van der Waals surface area contributed by atoms with Crippen molar-refractivity contribution >= 4 is 11.8 Å². The second-order valence-corrected chi connectivity index (χ2v) is 2.68. The van der Waals surface area contributed by atoms with Crippen molar-refractivity contribution in [2.45, 2.75) is 13.3 Å². The zero-order chi connectivity index (χ0) is 9.84. The average Bonchev–Trinajstić information content (AvgIpc) is 2.17. The van der Waals surface area contributed by atoms with Crippen LogP contribution in [-0.4, -0.2) is 16.9 Å². The number of aryl methyl sites for hydroxylation is 1. The third kappa shape index (κ3) is 2.15. The van der Waals surface area contributed by atoms with Crippen LogP contribution in [0, 0.1) is 0 Å². The maximum absolute atomic E-state index is 10.9. The van der Waals surface area contributed by atoms with Crippen LogP contribution < -0.4 is 0 Å². The lowest BCUT2D eigenvalue weighted by molar-refractivity contribution is -0.131. The number of carboxylic acid groups (broad SMARTS) is 1. The summed E-state index contributed by atoms with van der Waals surface area (Å²) in [6.45, 7) is 1.99. The summed E-state index contributed by atoms with van der Waals surface area (Å²) in [5, 5.41) is 8.41. The molecule has 0 heterocycles. The molecule has 0 aliphatic heterocycles. The molecule has 0 aliphatic carbocycles. The van der Waals surface area contributed by atoms with Crippen molar-refractivity contribution in [1.29, 1.82) is 0 Å². The van der Waals surface area contributed by atoms with Crippen molar-refractivity contribution in [1.82, 2.24) is 0 Å². The monoisotopic (exact) mass is 178 g/mol. The van der Waals surface area contributed by atoms with E-state index in [1.54, 1.807) is 12.1 Å². The summed E-state index contributed by atoms with van der Waals surface area (Å²) in [6, 6.07) is 6.59. The fraction of sp³-hybridized carbons (Fsp3) is 0.200. The molecule has 1 aromatic rings. The zero-order valence-corrected chi connectivity index (χ0v) is 7.28. The van der Waals surface area contributed by atoms with Gasteiger partial charge in [0.25, 0.3) is 5.78 Å². The number of carbonyl (C=O) groups excluding carboxylic acids is 1. The molecule has 0 radical (unpaired) electrons. The Morgan fingerprint density at radius 2 is 1.77 bits per heavy atom. The van der Waals surface area contributed by atoms with Crippen molar-refractivity contribution in [2.75, 3.05) is 0 Å². The minimum absolute atomic E-state index is 0.227. The molecule has 3 heteroatoms. The van der Waals surface area contributed by atoms with Crippen LogP contribution in [-0.2, 0) is 11.2 Å². The van der Waals surface area contributed by atoms with Crippen molar-refractivity contribution in [3.63, 3.8) is 0 Å². The topological polar surface area (TPSA) is 54.4 Å². The molecule has 0 atom stereocenters. The second kappa shape index (κ2) is 3.85. The van der Waals surface area contributed by atoms with Gasteiger partial charge in [0.05, 0.1) is 0 Å². The number of carbonyl (C=O) groups is 2. The van der Waals surface area contributed by atoms with E-state index in [0.29, 0.717) is 0 Å². The van der Waals surface area contributed by atoms with Crippen LogP contribution in [0.3, 0.4) is 0 Å². The van der Waals surface area contributed by atoms with Gasteiger partial charge in [-0.15, -0.1) is 0 Å². The lowest BCUT2D eigenvalue weighted by atomic mass is 10.1. The maximum atomic E-state index is 10.9. The standard InChI is InChI=1S/C10H10O3/c1-2-7-3-5-8(6-4-7)9(11)10(12)13/h3-6H,2H2,1H3,(H,12,13). The summed E-state index contributed by atoms with van der Waals surface area (Å²) >= 11 is 0. The first-order valence-electron chi connectivity index (χ1n) is 4.01. The van der Waals surface area contributed by atoms with Crippen molar-refractivity contribution < 1.29 is 14.7 Å². The molecular formula is C10H10O3. The molecule has 0 unspecified atom stereocenters. The highest BCUT2D eigenvalue weighted by molar-refractivity contribution is 6.39. The summed E-state index contributed by atoms with van der Waals surface area (Å²) in [5.41, 5.74) is 1.31. The highest BCUT2D eigenvalue weighted by atomic mass is 16.4. The number of carboxylic acids is 1. The molecule has 0 aliphatic rings. The molecule has 13 heavy (non-hydrogen) atoms. The molecule has 0 aromatic heterocycles.